The monoisotopic (exact) mass is 580 g/mol. The third-order valence-corrected chi connectivity index (χ3v) is 7.28. The Morgan fingerprint density at radius 3 is 2.67 bits per heavy atom. The van der Waals surface area contributed by atoms with Gasteiger partial charge in [-0.25, -0.2) is 4.79 Å². The SMILES string of the molecule is CCOC(=O)CCc1c(/C=C2\C(=O)Nc3ccc(NC(=O)Nc4ccc(Cl)cc4Cl)cc32)[nH]c2c1C(=O)CCC2. The molecule has 1 aliphatic carbocycles. The largest absolute Gasteiger partial charge is 0.466 e. The molecule has 0 fully saturated rings. The molecule has 0 spiro atoms. The van der Waals surface area contributed by atoms with Crippen molar-refractivity contribution in [1.82, 2.24) is 4.98 Å². The van der Waals surface area contributed by atoms with Gasteiger partial charge in [0.25, 0.3) is 5.91 Å². The minimum atomic E-state index is -0.524. The standard InChI is InChI=1S/C29H26Cl2N4O5/c1-2-40-26(37)11-8-17-24(33-23-4-3-5-25(36)27(17)23)14-19-18-13-16(7-10-21(18)34-28(19)38)32-29(39)35-22-9-6-15(30)12-20(22)31/h6-7,9-10,12-14,33H,2-5,8,11H2,1H3,(H,34,38)(H2,32,35,39)/b19-14-. The zero-order valence-corrected chi connectivity index (χ0v) is 23.1. The van der Waals surface area contributed by atoms with Gasteiger partial charge in [0.2, 0.25) is 0 Å². The summed E-state index contributed by atoms with van der Waals surface area (Å²) < 4.78 is 5.08. The molecule has 0 saturated heterocycles. The van der Waals surface area contributed by atoms with E-state index in [0.717, 1.165) is 12.1 Å². The number of fused-ring (bicyclic) bond motifs is 2. The van der Waals surface area contributed by atoms with E-state index in [4.69, 9.17) is 27.9 Å². The van der Waals surface area contributed by atoms with Crippen molar-refractivity contribution in [3.8, 4) is 0 Å². The molecule has 40 heavy (non-hydrogen) atoms. The lowest BCUT2D eigenvalue weighted by Crippen LogP contribution is -2.19. The van der Waals surface area contributed by atoms with Crippen LogP contribution >= 0.6 is 23.2 Å². The number of hydrogen-bond donors (Lipinski definition) is 4. The van der Waals surface area contributed by atoms with E-state index in [1.807, 2.05) is 0 Å². The molecule has 0 bridgehead atoms. The fourth-order valence-electron chi connectivity index (χ4n) is 4.96. The lowest BCUT2D eigenvalue weighted by molar-refractivity contribution is -0.143. The molecular formula is C29H26Cl2N4O5. The molecule has 5 rings (SSSR count). The Bertz CT molecular complexity index is 1580. The number of carbonyl (C=O) groups excluding carboxylic acids is 4. The van der Waals surface area contributed by atoms with Crippen molar-refractivity contribution in [3.63, 3.8) is 0 Å². The summed E-state index contributed by atoms with van der Waals surface area (Å²) in [4.78, 5) is 53.8. The van der Waals surface area contributed by atoms with Crippen molar-refractivity contribution in [3.05, 3.63) is 74.5 Å². The van der Waals surface area contributed by atoms with Gasteiger partial charge in [-0.3, -0.25) is 14.4 Å². The molecule has 206 valence electrons. The number of urea groups is 1. The van der Waals surface area contributed by atoms with E-state index >= 15 is 0 Å². The highest BCUT2D eigenvalue weighted by atomic mass is 35.5. The maximum atomic E-state index is 13.0. The molecule has 0 unspecified atom stereocenters. The van der Waals surface area contributed by atoms with Crippen LogP contribution in [0.25, 0.3) is 11.6 Å². The fourth-order valence-corrected chi connectivity index (χ4v) is 5.42. The van der Waals surface area contributed by atoms with Gasteiger partial charge in [0.05, 0.1) is 22.9 Å². The second-order valence-corrected chi connectivity index (χ2v) is 10.3. The number of esters is 1. The number of ether oxygens (including phenoxy) is 1. The lowest BCUT2D eigenvalue weighted by atomic mass is 9.91. The van der Waals surface area contributed by atoms with Gasteiger partial charge in [-0.1, -0.05) is 23.2 Å². The van der Waals surface area contributed by atoms with Crippen molar-refractivity contribution >= 4 is 75.6 Å². The van der Waals surface area contributed by atoms with E-state index < -0.39 is 6.03 Å². The summed E-state index contributed by atoms with van der Waals surface area (Å²) in [5, 5.41) is 9.00. The van der Waals surface area contributed by atoms with Gasteiger partial charge in [0, 0.05) is 51.8 Å². The van der Waals surface area contributed by atoms with Crippen LogP contribution in [0.4, 0.5) is 21.9 Å². The third-order valence-electron chi connectivity index (χ3n) is 6.74. The summed E-state index contributed by atoms with van der Waals surface area (Å²) in [5.74, 6) is -0.646. The van der Waals surface area contributed by atoms with Gasteiger partial charge in [-0.05, 0) is 74.2 Å². The number of carbonyl (C=O) groups is 4. The molecule has 0 atom stereocenters. The van der Waals surface area contributed by atoms with E-state index in [1.165, 1.54) is 6.07 Å². The van der Waals surface area contributed by atoms with E-state index in [0.29, 0.717) is 74.3 Å². The minimum absolute atomic E-state index is 0.0237. The molecule has 0 radical (unpaired) electrons. The number of H-pyrrole nitrogens is 1. The summed E-state index contributed by atoms with van der Waals surface area (Å²) in [5.41, 5.74) is 5.11. The van der Waals surface area contributed by atoms with Crippen LogP contribution in [-0.2, 0) is 27.2 Å². The molecule has 1 aliphatic heterocycles. The summed E-state index contributed by atoms with van der Waals surface area (Å²) in [6.07, 6.45) is 4.01. The highest BCUT2D eigenvalue weighted by molar-refractivity contribution is 6.37. The zero-order chi connectivity index (χ0) is 28.4. The Hall–Kier alpha value is -4.08. The van der Waals surface area contributed by atoms with Crippen LogP contribution in [-0.4, -0.2) is 35.3 Å². The molecule has 3 amide bonds. The Labute approximate surface area is 240 Å². The van der Waals surface area contributed by atoms with Gasteiger partial charge in [-0.15, -0.1) is 0 Å². The van der Waals surface area contributed by atoms with Crippen molar-refractivity contribution in [2.45, 2.75) is 39.0 Å². The number of benzene rings is 2. The molecule has 3 aromatic rings. The average Bonchev–Trinajstić information content (AvgIpc) is 3.42. The van der Waals surface area contributed by atoms with Crippen LogP contribution in [0.1, 0.15) is 59.1 Å². The lowest BCUT2D eigenvalue weighted by Gasteiger charge is -2.11. The number of nitrogens with one attached hydrogen (secondary N) is 4. The Balaban J connectivity index is 1.43. The molecule has 1 aromatic heterocycles. The summed E-state index contributed by atoms with van der Waals surface area (Å²) in [6, 6.07) is 9.26. The van der Waals surface area contributed by atoms with E-state index in [2.05, 4.69) is 20.9 Å². The van der Waals surface area contributed by atoms with Crippen LogP contribution < -0.4 is 16.0 Å². The number of amides is 3. The predicted octanol–water partition coefficient (Wildman–Crippen LogP) is 6.47. The van der Waals surface area contributed by atoms with Crippen LogP contribution in [0.3, 0.4) is 0 Å². The molecule has 9 nitrogen and oxygen atoms in total. The Kier molecular flexibility index (Phi) is 7.95. The van der Waals surface area contributed by atoms with Gasteiger partial charge in [-0.2, -0.15) is 0 Å². The van der Waals surface area contributed by atoms with E-state index in [1.54, 1.807) is 43.3 Å². The minimum Gasteiger partial charge on any atom is -0.466 e. The summed E-state index contributed by atoms with van der Waals surface area (Å²) in [7, 11) is 0. The number of aromatic nitrogens is 1. The second kappa shape index (κ2) is 11.6. The topological polar surface area (TPSA) is 129 Å². The fraction of sp³-hybridized carbons (Fsp3) is 0.241. The first kappa shape index (κ1) is 27.5. The van der Waals surface area contributed by atoms with Crippen LogP contribution in [0, 0.1) is 0 Å². The van der Waals surface area contributed by atoms with E-state index in [9.17, 15) is 19.2 Å². The first-order valence-corrected chi connectivity index (χ1v) is 13.6. The van der Waals surface area contributed by atoms with Crippen molar-refractivity contribution in [2.24, 2.45) is 0 Å². The summed E-state index contributed by atoms with van der Waals surface area (Å²) >= 11 is 12.1. The molecule has 4 N–H and O–H groups in total. The first-order valence-electron chi connectivity index (χ1n) is 12.9. The second-order valence-electron chi connectivity index (χ2n) is 9.43. The number of aromatic amines is 1. The number of aryl methyl sites for hydroxylation is 1. The highest BCUT2D eigenvalue weighted by Gasteiger charge is 2.29. The molecular weight excluding hydrogens is 555 g/mol. The Morgan fingerprint density at radius 1 is 1.07 bits per heavy atom. The van der Waals surface area contributed by atoms with Crippen LogP contribution in [0.5, 0.6) is 0 Å². The van der Waals surface area contributed by atoms with Gasteiger partial charge in [0.15, 0.2) is 5.78 Å². The van der Waals surface area contributed by atoms with Crippen LogP contribution in [0.15, 0.2) is 36.4 Å². The smallest absolute Gasteiger partial charge is 0.323 e. The molecule has 0 saturated carbocycles. The molecule has 2 heterocycles. The average molecular weight is 581 g/mol. The Morgan fingerprint density at radius 2 is 1.90 bits per heavy atom. The number of Topliss-reactive ketones (excluding diaryl/α,β-unsaturated/α-hetero) is 1. The van der Waals surface area contributed by atoms with E-state index in [-0.39, 0.29) is 30.7 Å². The number of hydrogen-bond acceptors (Lipinski definition) is 5. The van der Waals surface area contributed by atoms with Gasteiger partial charge in [0.1, 0.15) is 0 Å². The normalized spacial score (nSPS) is 14.9. The summed E-state index contributed by atoms with van der Waals surface area (Å²) in [6.45, 7) is 2.02. The third kappa shape index (κ3) is 5.76. The zero-order valence-electron chi connectivity index (χ0n) is 21.6. The predicted molar refractivity (Wildman–Crippen MR) is 155 cm³/mol. The number of rotatable bonds is 7. The number of anilines is 3. The van der Waals surface area contributed by atoms with Crippen molar-refractivity contribution in [2.75, 3.05) is 22.6 Å². The van der Waals surface area contributed by atoms with Gasteiger partial charge >= 0.3 is 12.0 Å². The molecule has 11 heteroatoms. The quantitative estimate of drug-likeness (QED) is 0.188. The highest BCUT2D eigenvalue weighted by Crippen LogP contribution is 2.37. The maximum Gasteiger partial charge on any atom is 0.323 e. The van der Waals surface area contributed by atoms with Gasteiger partial charge < -0.3 is 25.7 Å². The number of halogens is 2. The van der Waals surface area contributed by atoms with Crippen molar-refractivity contribution in [1.29, 1.82) is 0 Å². The van der Waals surface area contributed by atoms with Crippen molar-refractivity contribution < 1.29 is 23.9 Å². The van der Waals surface area contributed by atoms with Crippen LogP contribution in [0.2, 0.25) is 10.0 Å². The maximum absolute atomic E-state index is 13.0. The molecule has 2 aromatic carbocycles. The molecule has 2 aliphatic rings. The first-order chi connectivity index (χ1) is 19.2. The number of ketones is 1.